The average Bonchev–Trinajstić information content (AvgIpc) is 2.33. The van der Waals surface area contributed by atoms with Crippen LogP contribution in [0.3, 0.4) is 0 Å². The molecular weight excluding hydrogens is 202 g/mol. The van der Waals surface area contributed by atoms with Gasteiger partial charge in [-0.25, -0.2) is 0 Å². The van der Waals surface area contributed by atoms with E-state index in [0.717, 1.165) is 11.4 Å². The fourth-order valence-electron chi connectivity index (χ4n) is 1.29. The lowest BCUT2D eigenvalue weighted by Gasteiger charge is -2.04. The lowest BCUT2D eigenvalue weighted by molar-refractivity contribution is 0.710. The molecule has 2 aromatic rings. The van der Waals surface area contributed by atoms with Gasteiger partial charge in [-0.2, -0.15) is 5.10 Å². The van der Waals surface area contributed by atoms with E-state index < -0.39 is 0 Å². The predicted octanol–water partition coefficient (Wildman–Crippen LogP) is 1.18. The van der Waals surface area contributed by atoms with Crippen molar-refractivity contribution in [3.05, 3.63) is 48.2 Å². The van der Waals surface area contributed by atoms with Crippen molar-refractivity contribution < 1.29 is 0 Å². The fourth-order valence-corrected chi connectivity index (χ4v) is 1.29. The number of anilines is 2. The highest BCUT2D eigenvalue weighted by molar-refractivity contribution is 5.54. The van der Waals surface area contributed by atoms with Crippen LogP contribution in [0.15, 0.2) is 42.5 Å². The maximum Gasteiger partial charge on any atom is 0.153 e. The number of nitrogens with zero attached hydrogens (tertiary/aromatic N) is 2. The number of hydrogen-bond donors (Lipinski definition) is 3. The van der Waals surface area contributed by atoms with Crippen molar-refractivity contribution in [1.29, 1.82) is 0 Å². The number of para-hydroxylation sites is 1. The molecule has 1 aromatic heterocycles. The third-order valence-electron chi connectivity index (χ3n) is 2.05. The smallest absolute Gasteiger partial charge is 0.153 e. The summed E-state index contributed by atoms with van der Waals surface area (Å²) in [5, 5.41) is 11.2. The van der Waals surface area contributed by atoms with Crippen LogP contribution in [0.1, 0.15) is 5.69 Å². The van der Waals surface area contributed by atoms with E-state index >= 15 is 0 Å². The molecule has 82 valence electrons. The first-order chi connectivity index (χ1) is 7.88. The van der Waals surface area contributed by atoms with Crippen LogP contribution in [0, 0.1) is 0 Å². The van der Waals surface area contributed by atoms with Gasteiger partial charge >= 0.3 is 0 Å². The molecule has 2 rings (SSSR count). The molecule has 0 amide bonds. The molecule has 0 bridgehead atoms. The van der Waals surface area contributed by atoms with Gasteiger partial charge in [-0.1, -0.05) is 18.2 Å². The molecule has 0 fully saturated rings. The number of hydrogen-bond acceptors (Lipinski definition) is 5. The third-order valence-corrected chi connectivity index (χ3v) is 2.05. The number of nitrogens with two attached hydrogens (primary N) is 1. The van der Waals surface area contributed by atoms with Crippen molar-refractivity contribution in [1.82, 2.24) is 15.6 Å². The van der Waals surface area contributed by atoms with Gasteiger partial charge in [0, 0.05) is 5.69 Å². The third kappa shape index (κ3) is 2.75. The van der Waals surface area contributed by atoms with Crippen LogP contribution in [0.2, 0.25) is 0 Å². The molecule has 0 spiro atoms. The Bertz CT molecular complexity index is 426. The SMILES string of the molecule is NNCc1ccc(Nc2ccccc2)nn1. The molecule has 0 saturated carbocycles. The Hall–Kier alpha value is -1.98. The minimum absolute atomic E-state index is 0.513. The Balaban J connectivity index is 2.05. The maximum absolute atomic E-state index is 5.19. The van der Waals surface area contributed by atoms with E-state index in [1.165, 1.54) is 0 Å². The Morgan fingerprint density at radius 3 is 2.44 bits per heavy atom. The molecule has 16 heavy (non-hydrogen) atoms. The summed E-state index contributed by atoms with van der Waals surface area (Å²) >= 11 is 0. The largest absolute Gasteiger partial charge is 0.339 e. The van der Waals surface area contributed by atoms with Crippen LogP contribution in [-0.2, 0) is 6.54 Å². The monoisotopic (exact) mass is 215 g/mol. The maximum atomic E-state index is 5.19. The Morgan fingerprint density at radius 2 is 1.81 bits per heavy atom. The number of nitrogens with one attached hydrogen (secondary N) is 2. The minimum atomic E-state index is 0.513. The molecular formula is C11H13N5. The number of hydrazine groups is 1. The predicted molar refractivity (Wildman–Crippen MR) is 62.8 cm³/mol. The minimum Gasteiger partial charge on any atom is -0.339 e. The van der Waals surface area contributed by atoms with Gasteiger partial charge in [0.25, 0.3) is 0 Å². The van der Waals surface area contributed by atoms with Gasteiger partial charge in [0.05, 0.1) is 12.2 Å². The molecule has 5 nitrogen and oxygen atoms in total. The van der Waals surface area contributed by atoms with Crippen molar-refractivity contribution in [2.75, 3.05) is 5.32 Å². The van der Waals surface area contributed by atoms with E-state index in [-0.39, 0.29) is 0 Å². The zero-order chi connectivity index (χ0) is 11.2. The van der Waals surface area contributed by atoms with Crippen LogP contribution in [0.5, 0.6) is 0 Å². The summed E-state index contributed by atoms with van der Waals surface area (Å²) in [6, 6.07) is 13.6. The standard InChI is InChI=1S/C11H13N5/c12-13-8-10-6-7-11(16-15-10)14-9-4-2-1-3-5-9/h1-7,13H,8,12H2,(H,14,16). The topological polar surface area (TPSA) is 75.9 Å². The van der Waals surface area contributed by atoms with Gasteiger partial charge in [0.2, 0.25) is 0 Å². The summed E-state index contributed by atoms with van der Waals surface area (Å²) in [5.74, 6) is 5.90. The van der Waals surface area contributed by atoms with E-state index in [1.54, 1.807) is 0 Å². The lowest BCUT2D eigenvalue weighted by atomic mass is 10.3. The average molecular weight is 215 g/mol. The van der Waals surface area contributed by atoms with E-state index in [4.69, 9.17) is 5.84 Å². The fraction of sp³-hybridized carbons (Fsp3) is 0.0909. The molecule has 1 heterocycles. The first kappa shape index (κ1) is 10.5. The molecule has 1 aromatic carbocycles. The molecule has 0 radical (unpaired) electrons. The van der Waals surface area contributed by atoms with Crippen LogP contribution in [-0.4, -0.2) is 10.2 Å². The second-order valence-electron chi connectivity index (χ2n) is 3.28. The Labute approximate surface area is 93.7 Å². The van der Waals surface area contributed by atoms with Crippen LogP contribution >= 0.6 is 0 Å². The first-order valence-electron chi connectivity index (χ1n) is 4.96. The number of aromatic nitrogens is 2. The van der Waals surface area contributed by atoms with Crippen molar-refractivity contribution in [3.63, 3.8) is 0 Å². The van der Waals surface area contributed by atoms with Gasteiger partial charge in [-0.15, -0.1) is 5.10 Å². The van der Waals surface area contributed by atoms with Crippen molar-refractivity contribution in [2.45, 2.75) is 6.54 Å². The number of benzene rings is 1. The van der Waals surface area contributed by atoms with E-state index in [9.17, 15) is 0 Å². The van der Waals surface area contributed by atoms with Crippen molar-refractivity contribution in [2.24, 2.45) is 5.84 Å². The molecule has 0 aliphatic carbocycles. The van der Waals surface area contributed by atoms with E-state index in [1.807, 2.05) is 42.5 Å². The van der Waals surface area contributed by atoms with Gasteiger partial charge in [0.15, 0.2) is 5.82 Å². The molecule has 4 N–H and O–H groups in total. The normalized spacial score (nSPS) is 10.1. The Kier molecular flexibility index (Phi) is 3.42. The molecule has 0 unspecified atom stereocenters. The zero-order valence-corrected chi connectivity index (χ0v) is 8.72. The van der Waals surface area contributed by atoms with E-state index in [0.29, 0.717) is 12.4 Å². The highest BCUT2D eigenvalue weighted by Crippen LogP contribution is 2.12. The van der Waals surface area contributed by atoms with Gasteiger partial charge in [-0.3, -0.25) is 11.3 Å². The Morgan fingerprint density at radius 1 is 1.00 bits per heavy atom. The summed E-state index contributed by atoms with van der Waals surface area (Å²) in [5.41, 5.74) is 4.32. The summed E-state index contributed by atoms with van der Waals surface area (Å²) < 4.78 is 0. The highest BCUT2D eigenvalue weighted by Gasteiger charge is 1.97. The van der Waals surface area contributed by atoms with Gasteiger partial charge in [-0.05, 0) is 24.3 Å². The van der Waals surface area contributed by atoms with Crippen LogP contribution in [0.4, 0.5) is 11.5 Å². The van der Waals surface area contributed by atoms with Gasteiger partial charge < -0.3 is 5.32 Å². The molecule has 0 atom stereocenters. The van der Waals surface area contributed by atoms with Gasteiger partial charge in [0.1, 0.15) is 0 Å². The highest BCUT2D eigenvalue weighted by atomic mass is 15.2. The molecule has 0 aliphatic rings. The number of rotatable bonds is 4. The molecule has 0 saturated heterocycles. The van der Waals surface area contributed by atoms with Crippen molar-refractivity contribution in [3.8, 4) is 0 Å². The summed E-state index contributed by atoms with van der Waals surface area (Å²) in [6.07, 6.45) is 0. The second kappa shape index (κ2) is 5.20. The van der Waals surface area contributed by atoms with Crippen molar-refractivity contribution >= 4 is 11.5 Å². The quantitative estimate of drug-likeness (QED) is 0.527. The summed E-state index contributed by atoms with van der Waals surface area (Å²) in [7, 11) is 0. The molecule has 5 heteroatoms. The zero-order valence-electron chi connectivity index (χ0n) is 8.72. The summed E-state index contributed by atoms with van der Waals surface area (Å²) in [6.45, 7) is 0.513. The summed E-state index contributed by atoms with van der Waals surface area (Å²) in [4.78, 5) is 0. The van der Waals surface area contributed by atoms with Crippen LogP contribution < -0.4 is 16.6 Å². The molecule has 0 aliphatic heterocycles. The van der Waals surface area contributed by atoms with Crippen LogP contribution in [0.25, 0.3) is 0 Å². The second-order valence-corrected chi connectivity index (χ2v) is 3.28. The van der Waals surface area contributed by atoms with E-state index in [2.05, 4.69) is 20.9 Å². The first-order valence-corrected chi connectivity index (χ1v) is 4.96. The lowest BCUT2D eigenvalue weighted by Crippen LogP contribution is -2.21.